The summed E-state index contributed by atoms with van der Waals surface area (Å²) in [5.74, 6) is -0.722. The van der Waals surface area contributed by atoms with Crippen LogP contribution in [0.5, 0.6) is 0 Å². The number of amides is 1. The van der Waals surface area contributed by atoms with Crippen LogP contribution in [-0.2, 0) is 10.2 Å². The Balaban J connectivity index is 1.98. The van der Waals surface area contributed by atoms with Crippen LogP contribution in [0, 0.1) is 11.2 Å². The van der Waals surface area contributed by atoms with Gasteiger partial charge in [-0.15, -0.1) is 0 Å². The average molecular weight is 533 g/mol. The molecular formula is C30H33FN4O4. The van der Waals surface area contributed by atoms with Crippen LogP contribution in [0.1, 0.15) is 35.5 Å². The molecule has 0 bridgehead atoms. The molecule has 0 aliphatic rings. The van der Waals surface area contributed by atoms with Crippen LogP contribution in [0.15, 0.2) is 60.7 Å². The van der Waals surface area contributed by atoms with Crippen molar-refractivity contribution in [2.45, 2.75) is 25.4 Å². The summed E-state index contributed by atoms with van der Waals surface area (Å²) in [4.78, 5) is 12.6. The number of benzene rings is 3. The van der Waals surface area contributed by atoms with E-state index in [0.717, 1.165) is 33.4 Å². The largest absolute Gasteiger partial charge is 0.398 e. The number of aliphatic hydroxyl groups excluding tert-OH is 2. The molecule has 39 heavy (non-hydrogen) atoms. The minimum Gasteiger partial charge on any atom is -0.398 e. The van der Waals surface area contributed by atoms with E-state index in [1.165, 1.54) is 18.3 Å². The van der Waals surface area contributed by atoms with Gasteiger partial charge in [0, 0.05) is 64.4 Å². The van der Waals surface area contributed by atoms with E-state index in [9.17, 15) is 14.3 Å². The predicted octanol–water partition coefficient (Wildman–Crippen LogP) is 4.02. The molecule has 8 nitrogen and oxygen atoms in total. The second-order valence-electron chi connectivity index (χ2n) is 10.1. The number of nitrogen functional groups attached to an aromatic ring is 1. The summed E-state index contributed by atoms with van der Waals surface area (Å²) in [6.45, 7) is 4.00. The number of halogens is 1. The van der Waals surface area contributed by atoms with Gasteiger partial charge >= 0.3 is 0 Å². The molecule has 0 aliphatic heterocycles. The summed E-state index contributed by atoms with van der Waals surface area (Å²) >= 11 is 0. The molecule has 0 fully saturated rings. The van der Waals surface area contributed by atoms with Gasteiger partial charge in [0.05, 0.1) is 24.8 Å². The van der Waals surface area contributed by atoms with Gasteiger partial charge in [-0.3, -0.25) is 4.79 Å². The van der Waals surface area contributed by atoms with E-state index >= 15 is 0 Å². The summed E-state index contributed by atoms with van der Waals surface area (Å²) < 4.78 is 21.6. The minimum absolute atomic E-state index is 0.0633. The normalized spacial score (nSPS) is 12.5. The summed E-state index contributed by atoms with van der Waals surface area (Å²) in [7, 11) is 1.64. The fraction of sp³-hybridized carbons (Fsp3) is 0.267. The van der Waals surface area contributed by atoms with Gasteiger partial charge in [0.15, 0.2) is 0 Å². The molecule has 1 aromatic heterocycles. The number of carbonyl (C=O) groups is 1. The molecule has 1 heterocycles. The molecule has 0 aliphatic carbocycles. The minimum atomic E-state index is -1.03. The maximum Gasteiger partial charge on any atom is 0.251 e. The van der Waals surface area contributed by atoms with Crippen molar-refractivity contribution in [3.63, 3.8) is 0 Å². The number of hydrogen-bond donors (Lipinski definition) is 5. The number of fused-ring (bicyclic) bond motifs is 1. The molecule has 4 rings (SSSR count). The van der Waals surface area contributed by atoms with Crippen molar-refractivity contribution in [2.75, 3.05) is 32.6 Å². The van der Waals surface area contributed by atoms with Crippen molar-refractivity contribution in [2.24, 2.45) is 0 Å². The van der Waals surface area contributed by atoms with Crippen molar-refractivity contribution in [1.29, 1.82) is 5.41 Å². The van der Waals surface area contributed by atoms with Gasteiger partial charge in [-0.2, -0.15) is 0 Å². The SMILES string of the molecule is COCC(C)(C)c1c(-c2ccc(C(=O)NCC(O)CO)cc2)c2cc(N)c(C=N)cc2n1-c1ccc(F)cc1. The Morgan fingerprint density at radius 3 is 2.44 bits per heavy atom. The number of methoxy groups -OCH3 is 1. The maximum absolute atomic E-state index is 13.9. The van der Waals surface area contributed by atoms with E-state index in [4.69, 9.17) is 21.0 Å². The molecule has 0 radical (unpaired) electrons. The standard InChI is InChI=1S/C30H33FN4O4/c1-30(2,17-39-3)28-27(18-4-6-19(7-5-18)29(38)34-15-23(37)16-36)24-13-25(33)20(14-32)12-26(24)35(28)22-10-8-21(31)9-11-22/h4-14,23,32,36-37H,15-17,33H2,1-3H3,(H,34,38). The van der Waals surface area contributed by atoms with E-state index in [0.29, 0.717) is 23.4 Å². The molecule has 1 amide bonds. The van der Waals surface area contributed by atoms with Gasteiger partial charge in [0.2, 0.25) is 0 Å². The number of hydrogen-bond acceptors (Lipinski definition) is 6. The van der Waals surface area contributed by atoms with E-state index < -0.39 is 18.1 Å². The van der Waals surface area contributed by atoms with Crippen LogP contribution in [0.4, 0.5) is 10.1 Å². The lowest BCUT2D eigenvalue weighted by atomic mass is 9.84. The van der Waals surface area contributed by atoms with Gasteiger partial charge in [-0.25, -0.2) is 4.39 Å². The van der Waals surface area contributed by atoms with E-state index in [1.807, 2.05) is 28.8 Å². The highest BCUT2D eigenvalue weighted by Crippen LogP contribution is 2.44. The Labute approximate surface area is 226 Å². The second-order valence-corrected chi connectivity index (χ2v) is 10.1. The third kappa shape index (κ3) is 5.56. The highest BCUT2D eigenvalue weighted by atomic mass is 19.1. The summed E-state index contributed by atoms with van der Waals surface area (Å²) in [6.07, 6.45) is 0.171. The third-order valence-electron chi connectivity index (χ3n) is 6.70. The average Bonchev–Trinajstić information content (AvgIpc) is 3.26. The zero-order chi connectivity index (χ0) is 28.3. The number of nitrogens with two attached hydrogens (primary N) is 1. The van der Waals surface area contributed by atoms with Gasteiger partial charge in [0.1, 0.15) is 5.82 Å². The summed E-state index contributed by atoms with van der Waals surface area (Å²) in [5.41, 5.74) is 11.4. The van der Waals surface area contributed by atoms with Crippen LogP contribution in [0.2, 0.25) is 0 Å². The molecule has 0 saturated heterocycles. The highest BCUT2D eigenvalue weighted by Gasteiger charge is 2.32. The molecule has 1 atom stereocenters. The number of nitrogens with one attached hydrogen (secondary N) is 2. The number of rotatable bonds is 10. The van der Waals surface area contributed by atoms with Gasteiger partial charge in [-0.1, -0.05) is 26.0 Å². The zero-order valence-corrected chi connectivity index (χ0v) is 22.2. The van der Waals surface area contributed by atoms with E-state index in [2.05, 4.69) is 19.2 Å². The van der Waals surface area contributed by atoms with Crippen LogP contribution < -0.4 is 11.1 Å². The van der Waals surface area contributed by atoms with E-state index in [1.54, 1.807) is 31.4 Å². The molecule has 0 saturated carbocycles. The summed E-state index contributed by atoms with van der Waals surface area (Å²) in [6, 6.07) is 17.0. The second kappa shape index (κ2) is 11.4. The lowest BCUT2D eigenvalue weighted by Crippen LogP contribution is -2.33. The number of nitrogens with zero attached hydrogens (tertiary/aromatic N) is 1. The smallest absolute Gasteiger partial charge is 0.251 e. The topological polar surface area (TPSA) is 134 Å². The number of anilines is 1. The molecular weight excluding hydrogens is 499 g/mol. The van der Waals surface area contributed by atoms with Crippen LogP contribution >= 0.6 is 0 Å². The lowest BCUT2D eigenvalue weighted by Gasteiger charge is -2.28. The first-order valence-electron chi connectivity index (χ1n) is 12.5. The van der Waals surface area contributed by atoms with Crippen LogP contribution in [0.3, 0.4) is 0 Å². The monoisotopic (exact) mass is 532 g/mol. The van der Waals surface area contributed by atoms with Gasteiger partial charge in [0.25, 0.3) is 5.91 Å². The molecule has 1 unspecified atom stereocenters. The molecule has 9 heteroatoms. The fourth-order valence-electron chi connectivity index (χ4n) is 4.88. The predicted molar refractivity (Wildman–Crippen MR) is 151 cm³/mol. The zero-order valence-electron chi connectivity index (χ0n) is 22.2. The molecule has 6 N–H and O–H groups in total. The van der Waals surface area contributed by atoms with Gasteiger partial charge < -0.3 is 36.0 Å². The van der Waals surface area contributed by atoms with Crippen molar-refractivity contribution >= 4 is 28.7 Å². The lowest BCUT2D eigenvalue weighted by molar-refractivity contribution is 0.0802. The quantitative estimate of drug-likeness (QED) is 0.155. The highest BCUT2D eigenvalue weighted by molar-refractivity contribution is 6.05. The fourth-order valence-corrected chi connectivity index (χ4v) is 4.88. The number of aromatic nitrogens is 1. The summed E-state index contributed by atoms with van der Waals surface area (Å²) in [5, 5.41) is 29.8. The van der Waals surface area contributed by atoms with Crippen molar-refractivity contribution < 1.29 is 24.1 Å². The van der Waals surface area contributed by atoms with Crippen LogP contribution in [-0.4, -0.2) is 59.9 Å². The Bertz CT molecular complexity index is 1490. The third-order valence-corrected chi connectivity index (χ3v) is 6.70. The Hall–Kier alpha value is -4.05. The van der Waals surface area contributed by atoms with Crippen LogP contribution in [0.25, 0.3) is 27.7 Å². The molecule has 4 aromatic rings. The number of aliphatic hydroxyl groups is 2. The van der Waals surface area contributed by atoms with Crippen molar-refractivity contribution in [3.05, 3.63) is 83.3 Å². The first-order valence-corrected chi connectivity index (χ1v) is 12.5. The first kappa shape index (κ1) is 28.0. The Kier molecular flexibility index (Phi) is 8.15. The van der Waals surface area contributed by atoms with Crippen molar-refractivity contribution in [3.8, 4) is 16.8 Å². The first-order chi connectivity index (χ1) is 18.6. The van der Waals surface area contributed by atoms with Crippen molar-refractivity contribution in [1.82, 2.24) is 9.88 Å². The Morgan fingerprint density at radius 1 is 1.18 bits per heavy atom. The maximum atomic E-state index is 13.9. The van der Waals surface area contributed by atoms with E-state index in [-0.39, 0.29) is 18.3 Å². The molecule has 3 aromatic carbocycles. The van der Waals surface area contributed by atoms with Gasteiger partial charge in [-0.05, 0) is 54.1 Å². The number of ether oxygens (including phenoxy) is 1. The number of carbonyl (C=O) groups excluding carboxylic acids is 1. The molecule has 0 spiro atoms. The molecule has 204 valence electrons. The Morgan fingerprint density at radius 2 is 1.85 bits per heavy atom.